The number of amides is 1. The third-order valence-corrected chi connectivity index (χ3v) is 3.44. The van der Waals surface area contributed by atoms with E-state index in [2.05, 4.69) is 5.32 Å². The number of rotatable bonds is 7. The van der Waals surface area contributed by atoms with E-state index in [1.54, 1.807) is 7.11 Å². The molecule has 0 aromatic heterocycles. The van der Waals surface area contributed by atoms with Gasteiger partial charge in [-0.1, -0.05) is 39.0 Å². The van der Waals surface area contributed by atoms with Gasteiger partial charge in [0.25, 0.3) is 0 Å². The number of benzene rings is 1. The predicted octanol–water partition coefficient (Wildman–Crippen LogP) is 2.32. The summed E-state index contributed by atoms with van der Waals surface area (Å²) in [6, 6.07) is 7.72. The van der Waals surface area contributed by atoms with Crippen LogP contribution in [0.15, 0.2) is 24.3 Å². The van der Waals surface area contributed by atoms with Crippen molar-refractivity contribution in [2.24, 2.45) is 5.92 Å². The first-order valence-electron chi connectivity index (χ1n) is 7.03. The normalized spacial score (nSPS) is 13.9. The molecule has 0 aliphatic carbocycles. The van der Waals surface area contributed by atoms with E-state index in [0.29, 0.717) is 13.0 Å². The average Bonchev–Trinajstić information content (AvgIpc) is 2.44. The average molecular weight is 279 g/mol. The minimum Gasteiger partial charge on any atom is -0.496 e. The molecular formula is C16H25NO3. The summed E-state index contributed by atoms with van der Waals surface area (Å²) in [5.41, 5.74) is 1.02. The molecule has 0 aliphatic rings. The summed E-state index contributed by atoms with van der Waals surface area (Å²) in [5.74, 6) is 0.961. The molecule has 0 spiro atoms. The Labute approximate surface area is 121 Å². The van der Waals surface area contributed by atoms with E-state index in [1.807, 2.05) is 45.0 Å². The maximum absolute atomic E-state index is 11.9. The van der Waals surface area contributed by atoms with Crippen LogP contribution in [0, 0.1) is 5.92 Å². The van der Waals surface area contributed by atoms with Gasteiger partial charge >= 0.3 is 0 Å². The Morgan fingerprint density at radius 3 is 2.55 bits per heavy atom. The highest BCUT2D eigenvalue weighted by molar-refractivity contribution is 5.77. The maximum atomic E-state index is 11.9. The zero-order valence-corrected chi connectivity index (χ0v) is 12.7. The molecule has 0 fully saturated rings. The van der Waals surface area contributed by atoms with E-state index in [4.69, 9.17) is 4.74 Å². The second-order valence-corrected chi connectivity index (χ2v) is 5.46. The van der Waals surface area contributed by atoms with Crippen molar-refractivity contribution >= 4 is 5.91 Å². The van der Waals surface area contributed by atoms with Crippen LogP contribution in [0.3, 0.4) is 0 Å². The number of aliphatic hydroxyl groups excluding tert-OH is 1. The minimum atomic E-state index is -0.500. The number of carbonyl (C=O) groups is 1. The molecule has 4 nitrogen and oxygen atoms in total. The standard InChI is InChI=1S/C16H25NO3/c1-11(2)14(18)10-17-16(19)9-12(3)13-7-5-6-8-15(13)20-4/h5-8,11-12,14,18H,9-10H2,1-4H3,(H,17,19). The zero-order chi connectivity index (χ0) is 15.1. The molecule has 2 atom stereocenters. The Morgan fingerprint density at radius 1 is 1.30 bits per heavy atom. The van der Waals surface area contributed by atoms with Crippen LogP contribution in [0.4, 0.5) is 0 Å². The Kier molecular flexibility index (Phi) is 6.52. The molecule has 1 rings (SSSR count). The molecule has 0 aliphatic heterocycles. The minimum absolute atomic E-state index is 0.0527. The monoisotopic (exact) mass is 279 g/mol. The van der Waals surface area contributed by atoms with Gasteiger partial charge in [-0.25, -0.2) is 0 Å². The molecule has 1 aromatic carbocycles. The SMILES string of the molecule is COc1ccccc1C(C)CC(=O)NCC(O)C(C)C. The molecule has 2 N–H and O–H groups in total. The second kappa shape index (κ2) is 7.90. The maximum Gasteiger partial charge on any atom is 0.220 e. The van der Waals surface area contributed by atoms with E-state index in [9.17, 15) is 9.90 Å². The summed E-state index contributed by atoms with van der Waals surface area (Å²) >= 11 is 0. The number of nitrogens with one attached hydrogen (secondary N) is 1. The van der Waals surface area contributed by atoms with Crippen LogP contribution < -0.4 is 10.1 Å². The molecule has 0 saturated carbocycles. The third kappa shape index (κ3) is 4.85. The first-order valence-corrected chi connectivity index (χ1v) is 7.03. The van der Waals surface area contributed by atoms with E-state index >= 15 is 0 Å². The molecule has 4 heteroatoms. The lowest BCUT2D eigenvalue weighted by Gasteiger charge is -2.18. The van der Waals surface area contributed by atoms with Gasteiger partial charge in [-0.2, -0.15) is 0 Å². The van der Waals surface area contributed by atoms with Crippen molar-refractivity contribution in [1.29, 1.82) is 0 Å². The highest BCUT2D eigenvalue weighted by Gasteiger charge is 2.16. The Hall–Kier alpha value is -1.55. The first kappa shape index (κ1) is 16.5. The van der Waals surface area contributed by atoms with Crippen LogP contribution in [-0.2, 0) is 4.79 Å². The second-order valence-electron chi connectivity index (χ2n) is 5.46. The molecule has 20 heavy (non-hydrogen) atoms. The van der Waals surface area contributed by atoms with Crippen molar-refractivity contribution in [2.45, 2.75) is 39.2 Å². The van der Waals surface area contributed by atoms with Crippen LogP contribution in [-0.4, -0.2) is 30.8 Å². The molecular weight excluding hydrogens is 254 g/mol. The number of hydrogen-bond donors (Lipinski definition) is 2. The fourth-order valence-electron chi connectivity index (χ4n) is 1.99. The van der Waals surface area contributed by atoms with Gasteiger partial charge in [-0.05, 0) is 23.5 Å². The van der Waals surface area contributed by atoms with Crippen LogP contribution >= 0.6 is 0 Å². The van der Waals surface area contributed by atoms with Gasteiger partial charge in [0.15, 0.2) is 0 Å². The lowest BCUT2D eigenvalue weighted by molar-refractivity contribution is -0.122. The number of aliphatic hydroxyl groups is 1. The van der Waals surface area contributed by atoms with Crippen molar-refractivity contribution in [3.05, 3.63) is 29.8 Å². The fraction of sp³-hybridized carbons (Fsp3) is 0.562. The number of hydrogen-bond acceptors (Lipinski definition) is 3. The van der Waals surface area contributed by atoms with Crippen molar-refractivity contribution in [3.8, 4) is 5.75 Å². The third-order valence-electron chi connectivity index (χ3n) is 3.44. The van der Waals surface area contributed by atoms with Gasteiger partial charge in [0, 0.05) is 13.0 Å². The highest BCUT2D eigenvalue weighted by atomic mass is 16.5. The fourth-order valence-corrected chi connectivity index (χ4v) is 1.99. The largest absolute Gasteiger partial charge is 0.496 e. The quantitative estimate of drug-likeness (QED) is 0.805. The van der Waals surface area contributed by atoms with Crippen molar-refractivity contribution < 1.29 is 14.6 Å². The van der Waals surface area contributed by atoms with E-state index in [1.165, 1.54) is 0 Å². The van der Waals surface area contributed by atoms with Gasteiger partial charge in [0.2, 0.25) is 5.91 Å². The van der Waals surface area contributed by atoms with Gasteiger partial charge in [-0.3, -0.25) is 4.79 Å². The Morgan fingerprint density at radius 2 is 1.95 bits per heavy atom. The van der Waals surface area contributed by atoms with Crippen LogP contribution in [0.25, 0.3) is 0 Å². The molecule has 0 saturated heterocycles. The lowest BCUT2D eigenvalue weighted by Crippen LogP contribution is -2.35. The summed E-state index contributed by atoms with van der Waals surface area (Å²) in [7, 11) is 1.63. The number of methoxy groups -OCH3 is 1. The topological polar surface area (TPSA) is 58.6 Å². The summed E-state index contributed by atoms with van der Waals surface area (Å²) in [4.78, 5) is 11.9. The summed E-state index contributed by atoms with van der Waals surface area (Å²) in [5, 5.41) is 12.4. The molecule has 0 radical (unpaired) electrons. The van der Waals surface area contributed by atoms with Gasteiger partial charge in [-0.15, -0.1) is 0 Å². The lowest BCUT2D eigenvalue weighted by atomic mass is 9.96. The van der Waals surface area contributed by atoms with Gasteiger partial charge in [0.1, 0.15) is 5.75 Å². The number of ether oxygens (including phenoxy) is 1. The molecule has 0 bridgehead atoms. The van der Waals surface area contributed by atoms with E-state index in [0.717, 1.165) is 11.3 Å². The smallest absolute Gasteiger partial charge is 0.220 e. The number of carbonyl (C=O) groups excluding carboxylic acids is 1. The van der Waals surface area contributed by atoms with Crippen LogP contribution in [0.1, 0.15) is 38.7 Å². The molecule has 1 aromatic rings. The Balaban J connectivity index is 2.53. The van der Waals surface area contributed by atoms with Crippen molar-refractivity contribution in [2.75, 3.05) is 13.7 Å². The summed E-state index contributed by atoms with van der Waals surface area (Å²) in [6.07, 6.45) is -0.119. The predicted molar refractivity (Wildman–Crippen MR) is 79.9 cm³/mol. The number of para-hydroxylation sites is 1. The summed E-state index contributed by atoms with van der Waals surface area (Å²) < 4.78 is 5.31. The van der Waals surface area contributed by atoms with Crippen LogP contribution in [0.5, 0.6) is 5.75 Å². The summed E-state index contributed by atoms with van der Waals surface area (Å²) in [6.45, 7) is 6.15. The van der Waals surface area contributed by atoms with Crippen molar-refractivity contribution in [3.63, 3.8) is 0 Å². The van der Waals surface area contributed by atoms with E-state index in [-0.39, 0.29) is 17.7 Å². The van der Waals surface area contributed by atoms with Gasteiger partial charge < -0.3 is 15.2 Å². The molecule has 112 valence electrons. The van der Waals surface area contributed by atoms with Gasteiger partial charge in [0.05, 0.1) is 13.2 Å². The van der Waals surface area contributed by atoms with Crippen LogP contribution in [0.2, 0.25) is 0 Å². The zero-order valence-electron chi connectivity index (χ0n) is 12.7. The highest BCUT2D eigenvalue weighted by Crippen LogP contribution is 2.28. The van der Waals surface area contributed by atoms with E-state index < -0.39 is 6.10 Å². The van der Waals surface area contributed by atoms with Crippen molar-refractivity contribution in [1.82, 2.24) is 5.32 Å². The molecule has 0 heterocycles. The Bertz CT molecular complexity index is 431. The molecule has 1 amide bonds. The first-order chi connectivity index (χ1) is 9.45. The molecule has 2 unspecified atom stereocenters.